The number of nitrogens with zero attached hydrogens (tertiary/aromatic N) is 1. The molecule has 1 aliphatic rings. The van der Waals surface area contributed by atoms with Gasteiger partial charge >= 0.3 is 0 Å². The van der Waals surface area contributed by atoms with Crippen LogP contribution in [0.4, 0.5) is 0 Å². The van der Waals surface area contributed by atoms with Crippen LogP contribution < -0.4 is 16.2 Å². The van der Waals surface area contributed by atoms with Gasteiger partial charge in [-0.1, -0.05) is 26.7 Å². The van der Waals surface area contributed by atoms with Crippen molar-refractivity contribution in [3.05, 3.63) is 27.9 Å². The van der Waals surface area contributed by atoms with Crippen LogP contribution in [0.2, 0.25) is 0 Å². The first-order valence-corrected chi connectivity index (χ1v) is 10.6. The summed E-state index contributed by atoms with van der Waals surface area (Å²) in [6, 6.07) is 2.35. The number of thiocarbonyl (C=S) groups is 1. The summed E-state index contributed by atoms with van der Waals surface area (Å²) in [4.78, 5) is 16.6. The van der Waals surface area contributed by atoms with Gasteiger partial charge in [-0.3, -0.25) is 15.6 Å². The van der Waals surface area contributed by atoms with Gasteiger partial charge in [0.2, 0.25) is 0 Å². The van der Waals surface area contributed by atoms with Crippen LogP contribution in [0.3, 0.4) is 0 Å². The number of carbonyl (C=O) groups is 1. The van der Waals surface area contributed by atoms with Crippen LogP contribution >= 0.6 is 34.9 Å². The summed E-state index contributed by atoms with van der Waals surface area (Å²) in [5.41, 5.74) is 6.85. The first kappa shape index (κ1) is 18.3. The predicted octanol–water partition coefficient (Wildman–Crippen LogP) is 3.81. The third kappa shape index (κ3) is 4.56. The van der Waals surface area contributed by atoms with E-state index in [0.29, 0.717) is 28.7 Å². The molecule has 0 bridgehead atoms. The van der Waals surface area contributed by atoms with Gasteiger partial charge in [0, 0.05) is 22.4 Å². The topological polar surface area (TPSA) is 66.0 Å². The van der Waals surface area contributed by atoms with Gasteiger partial charge in [0.1, 0.15) is 10.7 Å². The molecule has 2 heterocycles. The number of aromatic nitrogens is 1. The summed E-state index contributed by atoms with van der Waals surface area (Å²) in [6.07, 6.45) is 3.59. The van der Waals surface area contributed by atoms with Crippen molar-refractivity contribution in [3.63, 3.8) is 0 Å². The summed E-state index contributed by atoms with van der Waals surface area (Å²) in [6.45, 7) is 4.54. The lowest BCUT2D eigenvalue weighted by atomic mass is 9.78. The van der Waals surface area contributed by atoms with Crippen molar-refractivity contribution in [2.45, 2.75) is 39.2 Å². The molecule has 25 heavy (non-hydrogen) atoms. The number of hydrazine groups is 1. The summed E-state index contributed by atoms with van der Waals surface area (Å²) < 4.78 is 0. The normalized spacial score (nSPS) is 23.0. The van der Waals surface area contributed by atoms with E-state index in [1.165, 1.54) is 24.2 Å². The van der Waals surface area contributed by atoms with Crippen molar-refractivity contribution < 1.29 is 4.79 Å². The van der Waals surface area contributed by atoms with E-state index in [-0.39, 0.29) is 5.91 Å². The Morgan fingerprint density at radius 2 is 2.12 bits per heavy atom. The molecule has 3 rings (SSSR count). The number of rotatable bonds is 3. The van der Waals surface area contributed by atoms with Crippen LogP contribution in [0, 0.1) is 11.8 Å². The zero-order valence-corrected chi connectivity index (χ0v) is 16.7. The molecule has 0 unspecified atom stereocenters. The van der Waals surface area contributed by atoms with Crippen molar-refractivity contribution >= 4 is 45.9 Å². The van der Waals surface area contributed by atoms with Gasteiger partial charge in [0.15, 0.2) is 5.11 Å². The van der Waals surface area contributed by atoms with Crippen LogP contribution in [0.15, 0.2) is 22.2 Å². The third-order valence-electron chi connectivity index (χ3n) is 4.82. The maximum absolute atomic E-state index is 12.2. The number of thiazole rings is 1. The second-order valence-electron chi connectivity index (χ2n) is 6.48. The van der Waals surface area contributed by atoms with Crippen molar-refractivity contribution in [3.8, 4) is 10.6 Å². The molecule has 1 fully saturated rings. The largest absolute Gasteiger partial charge is 0.358 e. The van der Waals surface area contributed by atoms with E-state index in [1.807, 2.05) is 16.8 Å². The van der Waals surface area contributed by atoms with E-state index in [2.05, 4.69) is 35.0 Å². The number of amides is 1. The molecule has 0 saturated heterocycles. The molecule has 0 aromatic carbocycles. The molecule has 1 aliphatic carbocycles. The molecule has 2 aromatic heterocycles. The van der Waals surface area contributed by atoms with E-state index < -0.39 is 0 Å². The molecule has 134 valence electrons. The van der Waals surface area contributed by atoms with Gasteiger partial charge < -0.3 is 5.32 Å². The molecule has 3 N–H and O–H groups in total. The first-order valence-electron chi connectivity index (χ1n) is 8.39. The Balaban J connectivity index is 1.49. The van der Waals surface area contributed by atoms with Crippen LogP contribution in [0.1, 0.15) is 43.6 Å². The van der Waals surface area contributed by atoms with Gasteiger partial charge in [0.05, 0.1) is 0 Å². The molecule has 0 spiro atoms. The Hall–Kier alpha value is -1.51. The van der Waals surface area contributed by atoms with E-state index in [4.69, 9.17) is 12.2 Å². The summed E-state index contributed by atoms with van der Waals surface area (Å²) >= 11 is 8.38. The average molecular weight is 395 g/mol. The van der Waals surface area contributed by atoms with Gasteiger partial charge in [-0.15, -0.1) is 11.3 Å². The molecular weight excluding hydrogens is 372 g/mol. The van der Waals surface area contributed by atoms with Crippen LogP contribution in [0.5, 0.6) is 0 Å². The fraction of sp³-hybridized carbons (Fsp3) is 0.471. The number of nitrogens with one attached hydrogen (secondary N) is 3. The number of hydrogen-bond donors (Lipinski definition) is 3. The van der Waals surface area contributed by atoms with Crippen LogP contribution in [0.25, 0.3) is 10.6 Å². The van der Waals surface area contributed by atoms with Gasteiger partial charge in [-0.25, -0.2) is 4.98 Å². The molecule has 1 saturated carbocycles. The van der Waals surface area contributed by atoms with Crippen LogP contribution in [-0.4, -0.2) is 22.0 Å². The maximum Gasteiger partial charge on any atom is 0.289 e. The SMILES string of the molecule is C[C@@H]1[C@H](C)CCC[C@H]1NC(=S)NNC(=O)c1csc(-c2ccsc2)n1. The monoisotopic (exact) mass is 394 g/mol. The van der Waals surface area contributed by atoms with E-state index in [9.17, 15) is 4.79 Å². The van der Waals surface area contributed by atoms with E-state index in [1.54, 1.807) is 16.7 Å². The predicted molar refractivity (Wildman–Crippen MR) is 108 cm³/mol. The minimum atomic E-state index is -0.285. The highest BCUT2D eigenvalue weighted by Crippen LogP contribution is 2.29. The lowest BCUT2D eigenvalue weighted by Gasteiger charge is -2.35. The zero-order chi connectivity index (χ0) is 17.8. The maximum atomic E-state index is 12.2. The minimum Gasteiger partial charge on any atom is -0.358 e. The van der Waals surface area contributed by atoms with Crippen LogP contribution in [-0.2, 0) is 0 Å². The molecule has 5 nitrogen and oxygen atoms in total. The average Bonchev–Trinajstić information content (AvgIpc) is 3.27. The Bertz CT molecular complexity index is 728. The fourth-order valence-corrected chi connectivity index (χ4v) is 4.78. The van der Waals surface area contributed by atoms with Crippen molar-refractivity contribution in [2.24, 2.45) is 11.8 Å². The molecule has 1 amide bonds. The summed E-state index contributed by atoms with van der Waals surface area (Å²) in [5.74, 6) is 0.969. The Kier molecular flexibility index (Phi) is 6.03. The fourth-order valence-electron chi connectivity index (χ4n) is 3.06. The van der Waals surface area contributed by atoms with E-state index >= 15 is 0 Å². The Labute approximate surface area is 161 Å². The number of hydrogen-bond acceptors (Lipinski definition) is 5. The number of thiophene rings is 1. The number of carbonyl (C=O) groups excluding carboxylic acids is 1. The third-order valence-corrected chi connectivity index (χ3v) is 6.61. The Morgan fingerprint density at radius 3 is 2.88 bits per heavy atom. The second-order valence-corrected chi connectivity index (χ2v) is 8.52. The standard InChI is InChI=1S/C17H22N4OS3/c1-10-4-3-5-13(11(10)2)19-17(23)21-20-15(22)14-9-25-16(18-14)12-6-7-24-8-12/h6-11,13H,3-5H2,1-2H3,(H,20,22)(H2,19,21,23)/t10-,11-,13-/m1/s1. The lowest BCUT2D eigenvalue weighted by molar-refractivity contribution is 0.0939. The van der Waals surface area contributed by atoms with E-state index in [0.717, 1.165) is 17.0 Å². The highest BCUT2D eigenvalue weighted by Gasteiger charge is 2.27. The highest BCUT2D eigenvalue weighted by atomic mass is 32.1. The van der Waals surface area contributed by atoms with Crippen molar-refractivity contribution in [1.82, 2.24) is 21.2 Å². The summed E-state index contributed by atoms with van der Waals surface area (Å²) in [5, 5.41) is 10.4. The zero-order valence-electron chi connectivity index (χ0n) is 14.2. The smallest absolute Gasteiger partial charge is 0.289 e. The molecule has 2 aromatic rings. The first-order chi connectivity index (χ1) is 12.0. The summed E-state index contributed by atoms with van der Waals surface area (Å²) in [7, 11) is 0. The Morgan fingerprint density at radius 1 is 1.28 bits per heavy atom. The second kappa shape index (κ2) is 8.25. The van der Waals surface area contributed by atoms with Gasteiger partial charge in [0.25, 0.3) is 5.91 Å². The molecule has 0 aliphatic heterocycles. The molecule has 3 atom stereocenters. The van der Waals surface area contributed by atoms with Gasteiger partial charge in [-0.05, 0) is 41.9 Å². The quantitative estimate of drug-likeness (QED) is 0.546. The van der Waals surface area contributed by atoms with Gasteiger partial charge in [-0.2, -0.15) is 11.3 Å². The minimum absolute atomic E-state index is 0.285. The van der Waals surface area contributed by atoms with Crippen molar-refractivity contribution in [1.29, 1.82) is 0 Å². The van der Waals surface area contributed by atoms with Crippen molar-refractivity contribution in [2.75, 3.05) is 0 Å². The molecule has 8 heteroatoms. The molecular formula is C17H22N4OS3. The highest BCUT2D eigenvalue weighted by molar-refractivity contribution is 7.80. The molecule has 0 radical (unpaired) electrons. The lowest BCUT2D eigenvalue weighted by Crippen LogP contribution is -2.52.